The van der Waals surface area contributed by atoms with Gasteiger partial charge in [0.15, 0.2) is 0 Å². The summed E-state index contributed by atoms with van der Waals surface area (Å²) in [7, 11) is 0. The van der Waals surface area contributed by atoms with Gasteiger partial charge >= 0.3 is 0 Å². The van der Waals surface area contributed by atoms with Gasteiger partial charge in [-0.15, -0.1) is 11.3 Å². The third-order valence-corrected chi connectivity index (χ3v) is 5.55. The maximum Gasteiger partial charge on any atom is 0.252 e. The number of rotatable bonds is 5. The monoisotopic (exact) mass is 313 g/mol. The molecule has 0 spiro atoms. The molecule has 0 radical (unpaired) electrons. The largest absolute Gasteiger partial charge is 0.349 e. The van der Waals surface area contributed by atoms with E-state index in [0.717, 1.165) is 31.2 Å². The van der Waals surface area contributed by atoms with Gasteiger partial charge in [-0.25, -0.2) is 0 Å². The lowest BCUT2D eigenvalue weighted by molar-refractivity contribution is 0.0935. The summed E-state index contributed by atoms with van der Waals surface area (Å²) in [6.07, 6.45) is 6.54. The normalized spacial score (nSPS) is 15.1. The SMILES string of the molecule is CC[C@@H](Cc1ccccc1)NC(=O)c1csc2c1CCCC2. The molecule has 3 heteroatoms. The lowest BCUT2D eigenvalue weighted by Gasteiger charge is -2.18. The minimum Gasteiger partial charge on any atom is -0.349 e. The molecule has 0 saturated heterocycles. The van der Waals surface area contributed by atoms with Crippen LogP contribution in [0.15, 0.2) is 35.7 Å². The van der Waals surface area contributed by atoms with Gasteiger partial charge in [-0.3, -0.25) is 4.79 Å². The van der Waals surface area contributed by atoms with Crippen molar-refractivity contribution in [2.45, 2.75) is 51.5 Å². The summed E-state index contributed by atoms with van der Waals surface area (Å²) in [6.45, 7) is 2.14. The number of hydrogen-bond acceptors (Lipinski definition) is 2. The number of carbonyl (C=O) groups is 1. The van der Waals surface area contributed by atoms with Crippen molar-refractivity contribution < 1.29 is 4.79 Å². The minimum atomic E-state index is 0.113. The van der Waals surface area contributed by atoms with E-state index in [1.54, 1.807) is 11.3 Å². The maximum atomic E-state index is 12.6. The second-order valence-corrected chi connectivity index (χ2v) is 6.99. The predicted molar refractivity (Wildman–Crippen MR) is 92.7 cm³/mol. The fourth-order valence-electron chi connectivity index (χ4n) is 3.14. The first kappa shape index (κ1) is 15.3. The van der Waals surface area contributed by atoms with Crippen LogP contribution in [0.5, 0.6) is 0 Å². The van der Waals surface area contributed by atoms with Gasteiger partial charge < -0.3 is 5.32 Å². The zero-order valence-electron chi connectivity index (χ0n) is 13.1. The van der Waals surface area contributed by atoms with E-state index in [0.29, 0.717) is 0 Å². The Morgan fingerprint density at radius 2 is 2.00 bits per heavy atom. The van der Waals surface area contributed by atoms with E-state index in [9.17, 15) is 4.79 Å². The third-order valence-electron chi connectivity index (χ3n) is 4.46. The zero-order chi connectivity index (χ0) is 15.4. The molecule has 1 N–H and O–H groups in total. The number of hydrogen-bond donors (Lipinski definition) is 1. The van der Waals surface area contributed by atoms with E-state index in [-0.39, 0.29) is 11.9 Å². The van der Waals surface area contributed by atoms with E-state index < -0.39 is 0 Å². The number of amides is 1. The smallest absolute Gasteiger partial charge is 0.252 e. The summed E-state index contributed by atoms with van der Waals surface area (Å²) in [4.78, 5) is 14.1. The first-order chi connectivity index (χ1) is 10.8. The molecule has 0 unspecified atom stereocenters. The number of thiophene rings is 1. The molecule has 1 aliphatic rings. The molecular formula is C19H23NOS. The molecule has 116 valence electrons. The molecule has 0 saturated carbocycles. The van der Waals surface area contributed by atoms with Gasteiger partial charge in [-0.05, 0) is 49.7 Å². The number of fused-ring (bicyclic) bond motifs is 1. The molecule has 1 aromatic heterocycles. The Morgan fingerprint density at radius 3 is 2.77 bits per heavy atom. The molecule has 0 aliphatic heterocycles. The van der Waals surface area contributed by atoms with E-state index in [4.69, 9.17) is 0 Å². The molecule has 0 fully saturated rings. The highest BCUT2D eigenvalue weighted by Crippen LogP contribution is 2.30. The van der Waals surface area contributed by atoms with Crippen LogP contribution in [0.2, 0.25) is 0 Å². The van der Waals surface area contributed by atoms with Gasteiger partial charge in [0.05, 0.1) is 5.56 Å². The summed E-state index contributed by atoms with van der Waals surface area (Å²) in [5.74, 6) is 0.113. The molecule has 1 atom stereocenters. The summed E-state index contributed by atoms with van der Waals surface area (Å²) in [6, 6.07) is 10.6. The molecule has 0 bridgehead atoms. The molecule has 2 nitrogen and oxygen atoms in total. The Hall–Kier alpha value is -1.61. The van der Waals surface area contributed by atoms with Crippen LogP contribution in [0.25, 0.3) is 0 Å². The Morgan fingerprint density at radius 1 is 1.23 bits per heavy atom. The second kappa shape index (κ2) is 7.10. The van der Waals surface area contributed by atoms with Crippen molar-refractivity contribution >= 4 is 17.2 Å². The van der Waals surface area contributed by atoms with E-state index in [2.05, 4.69) is 41.9 Å². The quantitative estimate of drug-likeness (QED) is 0.872. The zero-order valence-corrected chi connectivity index (χ0v) is 13.9. The van der Waals surface area contributed by atoms with E-state index >= 15 is 0 Å². The molecule has 2 aromatic rings. The molecule has 1 aromatic carbocycles. The van der Waals surface area contributed by atoms with E-state index in [1.807, 2.05) is 6.07 Å². The van der Waals surface area contributed by atoms with Crippen molar-refractivity contribution in [1.29, 1.82) is 0 Å². The lowest BCUT2D eigenvalue weighted by atomic mass is 9.95. The molecule has 22 heavy (non-hydrogen) atoms. The highest BCUT2D eigenvalue weighted by Gasteiger charge is 2.21. The van der Waals surface area contributed by atoms with Crippen molar-refractivity contribution in [3.8, 4) is 0 Å². The highest BCUT2D eigenvalue weighted by molar-refractivity contribution is 7.10. The fourth-order valence-corrected chi connectivity index (χ4v) is 4.27. The third kappa shape index (κ3) is 3.41. The van der Waals surface area contributed by atoms with Gasteiger partial charge in [0, 0.05) is 16.3 Å². The average molecular weight is 313 g/mol. The van der Waals surface area contributed by atoms with Crippen LogP contribution in [0.1, 0.15) is 52.5 Å². The van der Waals surface area contributed by atoms with Crippen molar-refractivity contribution in [1.82, 2.24) is 5.32 Å². The molecule has 1 amide bonds. The first-order valence-corrected chi connectivity index (χ1v) is 9.10. The minimum absolute atomic E-state index is 0.113. The van der Waals surface area contributed by atoms with Crippen molar-refractivity contribution in [3.05, 3.63) is 57.3 Å². The van der Waals surface area contributed by atoms with Crippen molar-refractivity contribution in [2.75, 3.05) is 0 Å². The Balaban J connectivity index is 1.68. The lowest BCUT2D eigenvalue weighted by Crippen LogP contribution is -2.36. The highest BCUT2D eigenvalue weighted by atomic mass is 32.1. The predicted octanol–water partition coefficient (Wildman–Crippen LogP) is 4.38. The Labute approximate surface area is 136 Å². The standard InChI is InChI=1S/C19H23NOS/c1-2-15(12-14-8-4-3-5-9-14)20-19(21)17-13-22-18-11-7-6-10-16(17)18/h3-5,8-9,13,15H,2,6-7,10-12H2,1H3,(H,20,21)/t15-/m0/s1. The van der Waals surface area contributed by atoms with Crippen LogP contribution < -0.4 is 5.32 Å². The fraction of sp³-hybridized carbons (Fsp3) is 0.421. The first-order valence-electron chi connectivity index (χ1n) is 8.22. The van der Waals surface area contributed by atoms with E-state index in [1.165, 1.54) is 28.8 Å². The average Bonchev–Trinajstić information content (AvgIpc) is 2.99. The second-order valence-electron chi connectivity index (χ2n) is 6.03. The van der Waals surface area contributed by atoms with Crippen LogP contribution >= 0.6 is 11.3 Å². The Bertz CT molecular complexity index is 632. The van der Waals surface area contributed by atoms with Gasteiger partial charge in [-0.2, -0.15) is 0 Å². The summed E-state index contributed by atoms with van der Waals surface area (Å²) < 4.78 is 0. The van der Waals surface area contributed by atoms with Crippen LogP contribution in [0.4, 0.5) is 0 Å². The molecule has 3 rings (SSSR count). The maximum absolute atomic E-state index is 12.6. The van der Waals surface area contributed by atoms with Crippen LogP contribution in [-0.4, -0.2) is 11.9 Å². The van der Waals surface area contributed by atoms with Crippen LogP contribution in [0, 0.1) is 0 Å². The summed E-state index contributed by atoms with van der Waals surface area (Å²) in [5.41, 5.74) is 3.51. The molecular weight excluding hydrogens is 290 g/mol. The van der Waals surface area contributed by atoms with Gasteiger partial charge in [-0.1, -0.05) is 37.3 Å². The summed E-state index contributed by atoms with van der Waals surface area (Å²) in [5, 5.41) is 5.29. The van der Waals surface area contributed by atoms with Crippen molar-refractivity contribution in [2.24, 2.45) is 0 Å². The topological polar surface area (TPSA) is 29.1 Å². The summed E-state index contributed by atoms with van der Waals surface area (Å²) >= 11 is 1.76. The number of aryl methyl sites for hydroxylation is 1. The van der Waals surface area contributed by atoms with Crippen LogP contribution in [0.3, 0.4) is 0 Å². The van der Waals surface area contributed by atoms with Crippen molar-refractivity contribution in [3.63, 3.8) is 0 Å². The number of nitrogens with one attached hydrogen (secondary N) is 1. The van der Waals surface area contributed by atoms with Gasteiger partial charge in [0.2, 0.25) is 0 Å². The Kier molecular flexibility index (Phi) is 4.94. The molecule has 1 heterocycles. The van der Waals surface area contributed by atoms with Gasteiger partial charge in [0.25, 0.3) is 5.91 Å². The van der Waals surface area contributed by atoms with Gasteiger partial charge in [0.1, 0.15) is 0 Å². The molecule has 1 aliphatic carbocycles. The number of benzene rings is 1. The van der Waals surface area contributed by atoms with Crippen LogP contribution in [-0.2, 0) is 19.3 Å². The number of carbonyl (C=O) groups excluding carboxylic acids is 1.